The van der Waals surface area contributed by atoms with Crippen LogP contribution in [0.2, 0.25) is 5.02 Å². The minimum absolute atomic E-state index is 0. The van der Waals surface area contributed by atoms with Crippen molar-refractivity contribution in [3.8, 4) is 0 Å². The fraction of sp³-hybridized carbons (Fsp3) is 0.429. The Morgan fingerprint density at radius 1 is 1.41 bits per heavy atom. The van der Waals surface area contributed by atoms with Crippen molar-refractivity contribution in [3.63, 3.8) is 0 Å². The van der Waals surface area contributed by atoms with Crippen molar-refractivity contribution in [1.29, 1.82) is 0 Å². The van der Waals surface area contributed by atoms with Crippen LogP contribution >= 0.6 is 35.3 Å². The molecule has 122 valence electrons. The number of nitrogens with one attached hydrogen (secondary N) is 1. The summed E-state index contributed by atoms with van der Waals surface area (Å²) in [6, 6.07) is 5.43. The predicted molar refractivity (Wildman–Crippen MR) is 95.0 cm³/mol. The summed E-state index contributed by atoms with van der Waals surface area (Å²) in [7, 11) is -1.84. The Kier molecular flexibility index (Phi) is 5.42. The molecule has 0 aliphatic carbocycles. The van der Waals surface area contributed by atoms with Crippen molar-refractivity contribution in [1.82, 2.24) is 9.62 Å². The highest BCUT2D eigenvalue weighted by Crippen LogP contribution is 2.37. The molecule has 0 amide bonds. The average molecular weight is 381 g/mol. The second kappa shape index (κ2) is 6.63. The van der Waals surface area contributed by atoms with E-state index in [2.05, 4.69) is 5.32 Å². The van der Waals surface area contributed by atoms with Gasteiger partial charge in [-0.25, -0.2) is 8.42 Å². The number of hydrogen-bond acceptors (Lipinski definition) is 4. The van der Waals surface area contributed by atoms with E-state index in [-0.39, 0.29) is 18.4 Å². The van der Waals surface area contributed by atoms with E-state index in [1.807, 2.05) is 13.0 Å². The quantitative estimate of drug-likeness (QED) is 0.888. The minimum Gasteiger partial charge on any atom is -0.315 e. The Bertz CT molecular complexity index is 783. The molecule has 1 fully saturated rings. The molecule has 1 aliphatic rings. The smallest absolute Gasteiger partial charge is 0.244 e. The highest BCUT2D eigenvalue weighted by molar-refractivity contribution is 7.89. The number of benzene rings is 1. The topological polar surface area (TPSA) is 49.4 Å². The summed E-state index contributed by atoms with van der Waals surface area (Å²) in [5, 5.41) is 4.49. The van der Waals surface area contributed by atoms with Gasteiger partial charge in [-0.15, -0.1) is 23.7 Å². The van der Waals surface area contributed by atoms with Crippen molar-refractivity contribution >= 4 is 55.5 Å². The van der Waals surface area contributed by atoms with E-state index < -0.39 is 10.0 Å². The molecule has 1 aromatic carbocycles. The van der Waals surface area contributed by atoms with Gasteiger partial charge in [-0.05, 0) is 38.1 Å². The Morgan fingerprint density at radius 3 is 2.77 bits per heavy atom. The van der Waals surface area contributed by atoms with E-state index in [1.54, 1.807) is 19.2 Å². The first-order chi connectivity index (χ1) is 9.91. The maximum atomic E-state index is 13.0. The maximum Gasteiger partial charge on any atom is 0.244 e. The normalized spacial score (nSPS) is 18.8. The summed E-state index contributed by atoms with van der Waals surface area (Å²) in [4.78, 5) is 1.21. The molecule has 0 saturated carbocycles. The fourth-order valence-corrected chi connectivity index (χ4v) is 6.07. The van der Waals surface area contributed by atoms with Gasteiger partial charge in [0.15, 0.2) is 0 Å². The molecule has 1 aromatic heterocycles. The van der Waals surface area contributed by atoms with Crippen LogP contribution < -0.4 is 5.32 Å². The molecule has 2 aromatic rings. The number of halogens is 2. The first-order valence-electron chi connectivity index (χ1n) is 6.78. The summed E-state index contributed by atoms with van der Waals surface area (Å²) in [5.41, 5.74) is 0. The van der Waals surface area contributed by atoms with Gasteiger partial charge in [0.1, 0.15) is 4.90 Å². The Labute approximate surface area is 145 Å². The van der Waals surface area contributed by atoms with Gasteiger partial charge in [0.25, 0.3) is 0 Å². The lowest BCUT2D eigenvalue weighted by molar-refractivity contribution is 0.388. The number of aryl methyl sites for hydroxylation is 1. The lowest BCUT2D eigenvalue weighted by Crippen LogP contribution is -2.38. The molecular formula is C14H18Cl2N2O2S2. The summed E-state index contributed by atoms with van der Waals surface area (Å²) in [5.74, 6) is 0. The molecule has 1 N–H and O–H groups in total. The van der Waals surface area contributed by atoms with Crippen LogP contribution in [0.15, 0.2) is 23.1 Å². The third kappa shape index (κ3) is 3.00. The number of thiophene rings is 1. The van der Waals surface area contributed by atoms with E-state index in [1.165, 1.54) is 15.6 Å². The van der Waals surface area contributed by atoms with Gasteiger partial charge in [-0.3, -0.25) is 0 Å². The van der Waals surface area contributed by atoms with Crippen LogP contribution in [0.1, 0.15) is 11.3 Å². The first-order valence-corrected chi connectivity index (χ1v) is 9.42. The summed E-state index contributed by atoms with van der Waals surface area (Å²) in [6.45, 7) is 3.42. The Hall–Kier alpha value is -0.370. The third-order valence-corrected chi connectivity index (χ3v) is 7.50. The molecule has 1 aliphatic heterocycles. The average Bonchev–Trinajstić information content (AvgIpc) is 3.04. The number of nitrogens with zero attached hydrogens (tertiary/aromatic N) is 1. The van der Waals surface area contributed by atoms with Crippen LogP contribution in [0, 0.1) is 6.92 Å². The molecule has 0 radical (unpaired) electrons. The maximum absolute atomic E-state index is 13.0. The van der Waals surface area contributed by atoms with Crippen LogP contribution in [0.25, 0.3) is 10.1 Å². The van der Waals surface area contributed by atoms with Crippen molar-refractivity contribution in [2.75, 3.05) is 20.1 Å². The molecule has 1 unspecified atom stereocenters. The largest absolute Gasteiger partial charge is 0.315 e. The third-order valence-electron chi connectivity index (χ3n) is 3.95. The second-order valence-electron chi connectivity index (χ2n) is 5.30. The standard InChI is InChI=1S/C14H17ClN2O2S2.ClH/c1-9-14(12-7-10(15)3-4-13(12)20-9)21(18,19)17(2)11-5-6-16-8-11;/h3-4,7,11,16H,5-6,8H2,1-2H3;1H. The summed E-state index contributed by atoms with van der Waals surface area (Å²) < 4.78 is 28.4. The van der Waals surface area contributed by atoms with E-state index in [0.717, 1.165) is 27.9 Å². The monoisotopic (exact) mass is 380 g/mol. The molecule has 0 bridgehead atoms. The Morgan fingerprint density at radius 2 is 2.14 bits per heavy atom. The molecule has 3 rings (SSSR count). The van der Waals surface area contributed by atoms with E-state index in [4.69, 9.17) is 11.6 Å². The fourth-order valence-electron chi connectivity index (χ4n) is 2.78. The summed E-state index contributed by atoms with van der Waals surface area (Å²) >= 11 is 7.54. The van der Waals surface area contributed by atoms with Crippen molar-refractivity contribution in [3.05, 3.63) is 28.1 Å². The molecule has 1 saturated heterocycles. The van der Waals surface area contributed by atoms with Gasteiger partial charge >= 0.3 is 0 Å². The zero-order valence-electron chi connectivity index (χ0n) is 12.3. The van der Waals surface area contributed by atoms with E-state index in [0.29, 0.717) is 16.5 Å². The van der Waals surface area contributed by atoms with Crippen molar-refractivity contribution < 1.29 is 8.42 Å². The molecular weight excluding hydrogens is 363 g/mol. The number of fused-ring (bicyclic) bond motifs is 1. The predicted octanol–water partition coefficient (Wildman–Crippen LogP) is 3.27. The molecule has 1 atom stereocenters. The van der Waals surface area contributed by atoms with E-state index >= 15 is 0 Å². The highest BCUT2D eigenvalue weighted by atomic mass is 35.5. The second-order valence-corrected chi connectivity index (χ2v) is 8.92. The number of likely N-dealkylation sites (N-methyl/N-ethyl adjacent to an activating group) is 1. The zero-order chi connectivity index (χ0) is 15.2. The summed E-state index contributed by atoms with van der Waals surface area (Å²) in [6.07, 6.45) is 0.845. The van der Waals surface area contributed by atoms with Crippen LogP contribution in [0.4, 0.5) is 0 Å². The van der Waals surface area contributed by atoms with Crippen LogP contribution in [0.5, 0.6) is 0 Å². The van der Waals surface area contributed by atoms with Crippen molar-refractivity contribution in [2.45, 2.75) is 24.3 Å². The lowest BCUT2D eigenvalue weighted by atomic mass is 10.2. The van der Waals surface area contributed by atoms with Gasteiger partial charge in [0.2, 0.25) is 10.0 Å². The molecule has 4 nitrogen and oxygen atoms in total. The molecule has 22 heavy (non-hydrogen) atoms. The van der Waals surface area contributed by atoms with Gasteiger partial charge in [0, 0.05) is 39.6 Å². The number of hydrogen-bond donors (Lipinski definition) is 1. The highest BCUT2D eigenvalue weighted by Gasteiger charge is 2.33. The van der Waals surface area contributed by atoms with Gasteiger partial charge in [0.05, 0.1) is 0 Å². The first kappa shape index (κ1) is 18.0. The minimum atomic E-state index is -3.51. The van der Waals surface area contributed by atoms with Crippen LogP contribution in [-0.4, -0.2) is 38.9 Å². The zero-order valence-corrected chi connectivity index (χ0v) is 15.5. The van der Waals surface area contributed by atoms with Gasteiger partial charge in [-0.1, -0.05) is 11.6 Å². The SMILES string of the molecule is Cc1sc2ccc(Cl)cc2c1S(=O)(=O)N(C)C1CCNC1.Cl. The molecule has 8 heteroatoms. The number of sulfonamides is 1. The Balaban J connectivity index is 0.00000176. The molecule has 0 spiro atoms. The lowest BCUT2D eigenvalue weighted by Gasteiger charge is -2.23. The number of rotatable bonds is 3. The van der Waals surface area contributed by atoms with Crippen LogP contribution in [0.3, 0.4) is 0 Å². The molecule has 2 heterocycles. The van der Waals surface area contributed by atoms with Crippen molar-refractivity contribution in [2.24, 2.45) is 0 Å². The van der Waals surface area contributed by atoms with Crippen LogP contribution in [-0.2, 0) is 10.0 Å². The van der Waals surface area contributed by atoms with Gasteiger partial charge < -0.3 is 5.32 Å². The van der Waals surface area contributed by atoms with E-state index in [9.17, 15) is 8.42 Å². The van der Waals surface area contributed by atoms with Gasteiger partial charge in [-0.2, -0.15) is 4.31 Å².